The number of carbonyl (C=O) groups is 1. The van der Waals surface area contributed by atoms with Crippen LogP contribution in [0.3, 0.4) is 0 Å². The van der Waals surface area contributed by atoms with Crippen LogP contribution in [0.5, 0.6) is 0 Å². The molecule has 0 heterocycles. The van der Waals surface area contributed by atoms with Gasteiger partial charge in [0.2, 0.25) is 0 Å². The first-order chi connectivity index (χ1) is 9.99. The summed E-state index contributed by atoms with van der Waals surface area (Å²) in [5.41, 5.74) is 0. The van der Waals surface area contributed by atoms with Crippen LogP contribution >= 0.6 is 0 Å². The number of hydrogen-bond donors (Lipinski definition) is 0. The van der Waals surface area contributed by atoms with E-state index in [1.165, 1.54) is 19.3 Å². The van der Waals surface area contributed by atoms with Gasteiger partial charge >= 0.3 is 12.1 Å². The molecule has 0 spiro atoms. The van der Waals surface area contributed by atoms with Crippen molar-refractivity contribution in [1.29, 1.82) is 0 Å². The van der Waals surface area contributed by atoms with Crippen molar-refractivity contribution in [3.05, 3.63) is 0 Å². The van der Waals surface area contributed by atoms with Gasteiger partial charge in [0.05, 0.1) is 13.7 Å². The molecule has 0 fully saturated rings. The molecule has 0 bridgehead atoms. The van der Waals surface area contributed by atoms with Gasteiger partial charge in [-0.05, 0) is 13.3 Å². The molecule has 21 heavy (non-hydrogen) atoms. The number of hydroxylamine groups is 2. The molecule has 0 rings (SSSR count). The van der Waals surface area contributed by atoms with Crippen molar-refractivity contribution in [2.24, 2.45) is 0 Å². The third-order valence-corrected chi connectivity index (χ3v) is 3.24. The number of ether oxygens (including phenoxy) is 1. The fourth-order valence-corrected chi connectivity index (χ4v) is 2.10. The summed E-state index contributed by atoms with van der Waals surface area (Å²) in [5.74, 6) is 0. The van der Waals surface area contributed by atoms with Gasteiger partial charge in [0.25, 0.3) is 0 Å². The summed E-state index contributed by atoms with van der Waals surface area (Å²) >= 11 is 0. The normalized spacial score (nSPS) is 11.5. The first kappa shape index (κ1) is 20.1. The lowest BCUT2D eigenvalue weighted by atomic mass is 10.1. The summed E-state index contributed by atoms with van der Waals surface area (Å²) in [6.07, 6.45) is 6.39. The smallest absolute Gasteiger partial charge is 0.439 e. The van der Waals surface area contributed by atoms with E-state index in [0.29, 0.717) is 6.42 Å². The predicted molar refractivity (Wildman–Crippen MR) is 78.0 cm³/mol. The van der Waals surface area contributed by atoms with Crippen molar-refractivity contribution < 1.29 is 23.1 Å². The molecule has 0 saturated heterocycles. The van der Waals surface area contributed by atoms with Crippen molar-refractivity contribution in [2.75, 3.05) is 13.7 Å². The molecule has 0 N–H and O–H groups in total. The molecular formula is C15H29F2NO3. The zero-order valence-corrected chi connectivity index (χ0v) is 13.5. The molecule has 126 valence electrons. The Morgan fingerprint density at radius 3 is 2.00 bits per heavy atom. The second-order valence-electron chi connectivity index (χ2n) is 5.07. The molecule has 0 unspecified atom stereocenters. The van der Waals surface area contributed by atoms with Crippen LogP contribution in [0, 0.1) is 0 Å². The molecule has 0 atom stereocenters. The summed E-state index contributed by atoms with van der Waals surface area (Å²) in [7, 11) is 1.04. The lowest BCUT2D eigenvalue weighted by molar-refractivity contribution is -0.279. The molecule has 1 amide bonds. The van der Waals surface area contributed by atoms with Crippen LogP contribution < -0.4 is 0 Å². The molecular weight excluding hydrogens is 280 g/mol. The Morgan fingerprint density at radius 1 is 1.00 bits per heavy atom. The average molecular weight is 309 g/mol. The first-order valence-corrected chi connectivity index (χ1v) is 7.88. The van der Waals surface area contributed by atoms with Gasteiger partial charge < -0.3 is 4.74 Å². The molecule has 0 aliphatic rings. The highest BCUT2D eigenvalue weighted by atomic mass is 19.3. The molecule has 0 aliphatic carbocycles. The number of halogens is 2. The second-order valence-corrected chi connectivity index (χ2v) is 5.07. The van der Waals surface area contributed by atoms with E-state index in [4.69, 9.17) is 0 Å². The maximum atomic E-state index is 13.8. The van der Waals surface area contributed by atoms with E-state index in [-0.39, 0.29) is 11.7 Å². The highest BCUT2D eigenvalue weighted by Gasteiger charge is 2.41. The molecule has 0 aromatic heterocycles. The van der Waals surface area contributed by atoms with E-state index < -0.39 is 18.6 Å². The van der Waals surface area contributed by atoms with Crippen LogP contribution in [0.25, 0.3) is 0 Å². The van der Waals surface area contributed by atoms with Gasteiger partial charge in [0.15, 0.2) is 0 Å². The van der Waals surface area contributed by atoms with E-state index in [2.05, 4.69) is 16.5 Å². The summed E-state index contributed by atoms with van der Waals surface area (Å²) in [4.78, 5) is 15.8. The van der Waals surface area contributed by atoms with Crippen LogP contribution in [-0.4, -0.2) is 30.9 Å². The fourth-order valence-electron chi connectivity index (χ4n) is 2.10. The first-order valence-electron chi connectivity index (χ1n) is 7.88. The van der Waals surface area contributed by atoms with Gasteiger partial charge in [-0.1, -0.05) is 51.9 Å². The number of nitrogens with zero attached hydrogens (tertiary/aromatic N) is 1. The van der Waals surface area contributed by atoms with Crippen LogP contribution in [0.4, 0.5) is 13.6 Å². The fraction of sp³-hybridized carbons (Fsp3) is 0.933. The van der Waals surface area contributed by atoms with E-state index in [1.807, 2.05) is 0 Å². The quantitative estimate of drug-likeness (QED) is 0.285. The Balaban J connectivity index is 3.91. The highest BCUT2D eigenvalue weighted by Crippen LogP contribution is 2.27. The van der Waals surface area contributed by atoms with Crippen molar-refractivity contribution in [2.45, 2.75) is 77.7 Å². The zero-order valence-electron chi connectivity index (χ0n) is 13.5. The minimum absolute atomic E-state index is 0.0255. The lowest BCUT2D eigenvalue weighted by Crippen LogP contribution is -2.45. The Kier molecular flexibility index (Phi) is 11.2. The molecule has 0 aromatic carbocycles. The van der Waals surface area contributed by atoms with E-state index >= 15 is 0 Å². The Hall–Kier alpha value is -0.910. The number of unbranched alkanes of at least 4 members (excludes halogenated alkanes) is 7. The Bertz CT molecular complexity index is 276. The van der Waals surface area contributed by atoms with E-state index in [0.717, 1.165) is 32.8 Å². The summed E-state index contributed by atoms with van der Waals surface area (Å²) in [5, 5.41) is 0.0255. The van der Waals surface area contributed by atoms with Crippen LogP contribution in [0.1, 0.15) is 71.6 Å². The van der Waals surface area contributed by atoms with Gasteiger partial charge in [0, 0.05) is 6.42 Å². The van der Waals surface area contributed by atoms with Gasteiger partial charge in [-0.3, -0.25) is 4.84 Å². The summed E-state index contributed by atoms with van der Waals surface area (Å²) < 4.78 is 32.2. The lowest BCUT2D eigenvalue weighted by Gasteiger charge is -2.27. The molecule has 0 saturated carbocycles. The zero-order chi connectivity index (χ0) is 16.1. The summed E-state index contributed by atoms with van der Waals surface area (Å²) in [6, 6.07) is -3.33. The maximum absolute atomic E-state index is 13.8. The van der Waals surface area contributed by atoms with Crippen molar-refractivity contribution in [3.63, 3.8) is 0 Å². The molecule has 4 nitrogen and oxygen atoms in total. The molecule has 0 aromatic rings. The number of amides is 1. The van der Waals surface area contributed by atoms with Crippen molar-refractivity contribution in [1.82, 2.24) is 5.06 Å². The van der Waals surface area contributed by atoms with E-state index in [9.17, 15) is 13.6 Å². The predicted octanol–water partition coefficient (Wildman–Crippen LogP) is 5.13. The number of carbonyl (C=O) groups excluding carboxylic acids is 1. The van der Waals surface area contributed by atoms with Crippen LogP contribution in [-0.2, 0) is 9.57 Å². The van der Waals surface area contributed by atoms with Gasteiger partial charge in [0.1, 0.15) is 0 Å². The van der Waals surface area contributed by atoms with Gasteiger partial charge in [-0.15, -0.1) is 5.06 Å². The number of hydrogen-bond acceptors (Lipinski definition) is 3. The molecule has 0 aliphatic heterocycles. The Morgan fingerprint density at radius 2 is 1.52 bits per heavy atom. The van der Waals surface area contributed by atoms with E-state index in [1.54, 1.807) is 6.92 Å². The monoisotopic (exact) mass is 309 g/mol. The van der Waals surface area contributed by atoms with Crippen LogP contribution in [0.2, 0.25) is 0 Å². The van der Waals surface area contributed by atoms with Crippen molar-refractivity contribution >= 4 is 6.09 Å². The third-order valence-electron chi connectivity index (χ3n) is 3.24. The standard InChI is InChI=1S/C15H29F2NO3/c1-4-6-7-8-9-10-11-12-13-15(16,17)18(20-3)14(19)21-5-2/h4-13H2,1-3H3. The number of alkyl halides is 2. The summed E-state index contributed by atoms with van der Waals surface area (Å²) in [6.45, 7) is 3.75. The largest absolute Gasteiger partial charge is 0.448 e. The SMILES string of the molecule is CCCCCCCCCCC(F)(F)N(OC)C(=O)OCC. The minimum Gasteiger partial charge on any atom is -0.448 e. The topological polar surface area (TPSA) is 38.8 Å². The average Bonchev–Trinajstić information content (AvgIpc) is 2.42. The van der Waals surface area contributed by atoms with Gasteiger partial charge in [-0.25, -0.2) is 4.79 Å². The maximum Gasteiger partial charge on any atom is 0.439 e. The van der Waals surface area contributed by atoms with Crippen LogP contribution in [0.15, 0.2) is 0 Å². The minimum atomic E-state index is -3.33. The number of rotatable bonds is 12. The molecule has 6 heteroatoms. The Labute approximate surface area is 126 Å². The second kappa shape index (κ2) is 11.7. The highest BCUT2D eigenvalue weighted by molar-refractivity contribution is 5.66. The third kappa shape index (κ3) is 8.86. The molecule has 0 radical (unpaired) electrons. The van der Waals surface area contributed by atoms with Crippen molar-refractivity contribution in [3.8, 4) is 0 Å². The van der Waals surface area contributed by atoms with Gasteiger partial charge in [-0.2, -0.15) is 8.78 Å².